The lowest BCUT2D eigenvalue weighted by molar-refractivity contribution is 0.873. The van der Waals surface area contributed by atoms with Crippen molar-refractivity contribution in [2.24, 2.45) is 11.5 Å². The van der Waals surface area contributed by atoms with Crippen LogP contribution in [0.15, 0.2) is 0 Å². The minimum absolute atomic E-state index is 0.652. The normalized spacial score (nSPS) is 10.6. The van der Waals surface area contributed by atoms with E-state index in [4.69, 9.17) is 11.5 Å². The number of aromatic nitrogens is 2. The first kappa shape index (κ1) is 9.22. The summed E-state index contributed by atoms with van der Waals surface area (Å²) in [7, 11) is 0. The van der Waals surface area contributed by atoms with E-state index in [1.165, 1.54) is 5.56 Å². The number of nitrogens with zero attached hydrogens (tertiary/aromatic N) is 1. The third kappa shape index (κ3) is 1.84. The summed E-state index contributed by atoms with van der Waals surface area (Å²) in [6, 6.07) is 0. The third-order valence-electron chi connectivity index (χ3n) is 1.95. The second-order valence-electron chi connectivity index (χ2n) is 2.84. The molecular formula is C8H16N4. The van der Waals surface area contributed by atoms with Gasteiger partial charge < -0.3 is 11.5 Å². The van der Waals surface area contributed by atoms with Gasteiger partial charge in [0.25, 0.3) is 0 Å². The van der Waals surface area contributed by atoms with Crippen LogP contribution < -0.4 is 11.5 Å². The molecule has 5 N–H and O–H groups in total. The molecule has 12 heavy (non-hydrogen) atoms. The van der Waals surface area contributed by atoms with Crippen molar-refractivity contribution < 1.29 is 0 Å². The molecule has 0 aliphatic carbocycles. The van der Waals surface area contributed by atoms with Crippen LogP contribution >= 0.6 is 0 Å². The first-order chi connectivity index (χ1) is 5.79. The Morgan fingerprint density at radius 3 is 2.50 bits per heavy atom. The van der Waals surface area contributed by atoms with Crippen molar-refractivity contribution in [3.8, 4) is 0 Å². The molecule has 1 aromatic rings. The average molecular weight is 168 g/mol. The van der Waals surface area contributed by atoms with Crippen molar-refractivity contribution in [1.29, 1.82) is 0 Å². The maximum absolute atomic E-state index is 5.48. The highest BCUT2D eigenvalue weighted by Gasteiger charge is 2.07. The number of hydrogen-bond donors (Lipinski definition) is 3. The largest absolute Gasteiger partial charge is 0.330 e. The number of aryl methyl sites for hydroxylation is 1. The van der Waals surface area contributed by atoms with Crippen LogP contribution in [0.25, 0.3) is 0 Å². The van der Waals surface area contributed by atoms with Gasteiger partial charge in [0.1, 0.15) is 0 Å². The monoisotopic (exact) mass is 168 g/mol. The number of rotatable bonds is 4. The zero-order chi connectivity index (χ0) is 8.97. The van der Waals surface area contributed by atoms with E-state index in [9.17, 15) is 0 Å². The quantitative estimate of drug-likeness (QED) is 0.578. The molecule has 0 aliphatic rings. The fourth-order valence-corrected chi connectivity index (χ4v) is 1.33. The van der Waals surface area contributed by atoms with Crippen molar-refractivity contribution in [2.45, 2.75) is 19.8 Å². The lowest BCUT2D eigenvalue weighted by Crippen LogP contribution is -2.08. The predicted octanol–water partition coefficient (Wildman–Crippen LogP) is -0.279. The molecule has 0 aliphatic heterocycles. The molecule has 0 amide bonds. The smallest absolute Gasteiger partial charge is 0.0626 e. The highest BCUT2D eigenvalue weighted by molar-refractivity contribution is 5.24. The van der Waals surface area contributed by atoms with Gasteiger partial charge in [-0.15, -0.1) is 0 Å². The number of nitrogens with one attached hydrogen (secondary N) is 1. The maximum Gasteiger partial charge on any atom is 0.0626 e. The Labute approximate surface area is 72.3 Å². The summed E-state index contributed by atoms with van der Waals surface area (Å²) in [4.78, 5) is 0. The average Bonchev–Trinajstić information content (AvgIpc) is 2.37. The molecule has 4 heteroatoms. The highest BCUT2D eigenvalue weighted by Crippen LogP contribution is 2.10. The van der Waals surface area contributed by atoms with E-state index in [2.05, 4.69) is 10.2 Å². The fraction of sp³-hybridized carbons (Fsp3) is 0.625. The topological polar surface area (TPSA) is 80.7 Å². The van der Waals surface area contributed by atoms with Gasteiger partial charge in [-0.3, -0.25) is 5.10 Å². The molecule has 1 heterocycles. The Kier molecular flexibility index (Phi) is 3.25. The summed E-state index contributed by atoms with van der Waals surface area (Å²) in [5.74, 6) is 0. The molecule has 0 spiro atoms. The van der Waals surface area contributed by atoms with Crippen molar-refractivity contribution >= 4 is 0 Å². The standard InChI is InChI=1S/C8H16N4/c1-6-7(2-4-9)8(3-5-10)12-11-6/h2-5,9-10H2,1H3,(H,11,12). The summed E-state index contributed by atoms with van der Waals surface area (Å²) in [5.41, 5.74) is 14.4. The van der Waals surface area contributed by atoms with Gasteiger partial charge in [0.2, 0.25) is 0 Å². The van der Waals surface area contributed by atoms with Crippen LogP contribution in [0, 0.1) is 6.92 Å². The predicted molar refractivity (Wildman–Crippen MR) is 48.8 cm³/mol. The van der Waals surface area contributed by atoms with Gasteiger partial charge in [0.05, 0.1) is 5.69 Å². The van der Waals surface area contributed by atoms with Crippen molar-refractivity contribution in [1.82, 2.24) is 10.2 Å². The van der Waals surface area contributed by atoms with Crippen LogP contribution in [0.1, 0.15) is 17.0 Å². The van der Waals surface area contributed by atoms with Gasteiger partial charge in [-0.2, -0.15) is 5.10 Å². The van der Waals surface area contributed by atoms with Gasteiger partial charge in [-0.05, 0) is 32.0 Å². The minimum Gasteiger partial charge on any atom is -0.330 e. The van der Waals surface area contributed by atoms with Crippen molar-refractivity contribution in [3.63, 3.8) is 0 Å². The summed E-state index contributed by atoms with van der Waals surface area (Å²) in [5, 5.41) is 7.09. The number of hydrogen-bond acceptors (Lipinski definition) is 3. The molecule has 0 saturated carbocycles. The van der Waals surface area contributed by atoms with Gasteiger partial charge in [-0.1, -0.05) is 0 Å². The van der Waals surface area contributed by atoms with Crippen LogP contribution in [0.2, 0.25) is 0 Å². The molecule has 0 bridgehead atoms. The summed E-state index contributed by atoms with van der Waals surface area (Å²) in [6.45, 7) is 3.30. The third-order valence-corrected chi connectivity index (χ3v) is 1.95. The van der Waals surface area contributed by atoms with Crippen LogP contribution in [0.4, 0.5) is 0 Å². The van der Waals surface area contributed by atoms with Crippen molar-refractivity contribution in [3.05, 3.63) is 17.0 Å². The number of nitrogens with two attached hydrogens (primary N) is 2. The SMILES string of the molecule is Cc1n[nH]c(CCN)c1CCN. The summed E-state index contributed by atoms with van der Waals surface area (Å²) < 4.78 is 0. The zero-order valence-corrected chi connectivity index (χ0v) is 7.43. The first-order valence-electron chi connectivity index (χ1n) is 4.22. The number of aromatic amines is 1. The van der Waals surface area contributed by atoms with Crippen molar-refractivity contribution in [2.75, 3.05) is 13.1 Å². The summed E-state index contributed by atoms with van der Waals surface area (Å²) >= 11 is 0. The second kappa shape index (κ2) is 4.23. The molecule has 0 fully saturated rings. The first-order valence-corrected chi connectivity index (χ1v) is 4.22. The Morgan fingerprint density at radius 1 is 1.25 bits per heavy atom. The van der Waals surface area contributed by atoms with Crippen LogP contribution in [0.5, 0.6) is 0 Å². The lowest BCUT2D eigenvalue weighted by Gasteiger charge is -2.00. The lowest BCUT2D eigenvalue weighted by atomic mass is 10.1. The highest BCUT2D eigenvalue weighted by atomic mass is 15.1. The van der Waals surface area contributed by atoms with Crippen LogP contribution in [-0.2, 0) is 12.8 Å². The van der Waals surface area contributed by atoms with E-state index in [1.54, 1.807) is 0 Å². The molecule has 1 aromatic heterocycles. The van der Waals surface area contributed by atoms with E-state index in [1.807, 2.05) is 6.92 Å². The molecule has 1 rings (SSSR count). The van der Waals surface area contributed by atoms with E-state index >= 15 is 0 Å². The fourth-order valence-electron chi connectivity index (χ4n) is 1.33. The molecular weight excluding hydrogens is 152 g/mol. The van der Waals surface area contributed by atoms with Gasteiger partial charge >= 0.3 is 0 Å². The van der Waals surface area contributed by atoms with Gasteiger partial charge in [-0.25, -0.2) is 0 Å². The minimum atomic E-state index is 0.652. The van der Waals surface area contributed by atoms with Gasteiger partial charge in [0.15, 0.2) is 0 Å². The van der Waals surface area contributed by atoms with E-state index in [0.29, 0.717) is 13.1 Å². The molecule has 0 saturated heterocycles. The zero-order valence-electron chi connectivity index (χ0n) is 7.43. The molecule has 0 atom stereocenters. The van der Waals surface area contributed by atoms with Crippen LogP contribution in [0.3, 0.4) is 0 Å². The van der Waals surface area contributed by atoms with Crippen LogP contribution in [-0.4, -0.2) is 23.3 Å². The molecule has 0 aromatic carbocycles. The number of H-pyrrole nitrogens is 1. The second-order valence-corrected chi connectivity index (χ2v) is 2.84. The Hall–Kier alpha value is -0.870. The maximum atomic E-state index is 5.48. The van der Waals surface area contributed by atoms with Gasteiger partial charge in [0, 0.05) is 12.1 Å². The molecule has 4 nitrogen and oxygen atoms in total. The Bertz CT molecular complexity index is 241. The molecule has 0 radical (unpaired) electrons. The Morgan fingerprint density at radius 2 is 1.92 bits per heavy atom. The summed E-state index contributed by atoms with van der Waals surface area (Å²) in [6.07, 6.45) is 1.74. The molecule has 68 valence electrons. The molecule has 0 unspecified atom stereocenters. The Balaban J connectivity index is 2.80. The van der Waals surface area contributed by atoms with E-state index in [-0.39, 0.29) is 0 Å². The van der Waals surface area contributed by atoms with E-state index < -0.39 is 0 Å². The van der Waals surface area contributed by atoms with E-state index in [0.717, 1.165) is 24.2 Å².